The first-order valence-electron chi connectivity index (χ1n) is 9.92. The number of hydrogen-bond donors (Lipinski definition) is 2. The molecule has 3 heterocycles. The number of para-hydroxylation sites is 1. The molecule has 0 fully saturated rings. The van der Waals surface area contributed by atoms with E-state index in [1.807, 2.05) is 36.4 Å². The Morgan fingerprint density at radius 3 is 2.68 bits per heavy atom. The topological polar surface area (TPSA) is 109 Å². The summed E-state index contributed by atoms with van der Waals surface area (Å²) in [5.41, 5.74) is 1.10. The Hall–Kier alpha value is -4.01. The molecule has 3 aromatic rings. The SMILES string of the molecule is C[C@H](C(=O)NCCOc1ccccc1)N1Cc2ccc(Nc3ncccn3)nc2C1=O. The Kier molecular flexibility index (Phi) is 6.02. The van der Waals surface area contributed by atoms with Crippen molar-refractivity contribution in [1.82, 2.24) is 25.2 Å². The molecule has 1 atom stereocenters. The van der Waals surface area contributed by atoms with Crippen molar-refractivity contribution in [2.45, 2.75) is 19.5 Å². The van der Waals surface area contributed by atoms with Crippen LogP contribution < -0.4 is 15.4 Å². The molecule has 9 heteroatoms. The van der Waals surface area contributed by atoms with Gasteiger partial charge in [-0.2, -0.15) is 0 Å². The fraction of sp³-hybridized carbons (Fsp3) is 0.227. The minimum absolute atomic E-state index is 0.242. The number of amides is 2. The number of ether oxygens (including phenoxy) is 1. The Balaban J connectivity index is 1.32. The average molecular weight is 418 g/mol. The summed E-state index contributed by atoms with van der Waals surface area (Å²) in [5.74, 6) is 1.08. The number of carbonyl (C=O) groups is 2. The summed E-state index contributed by atoms with van der Waals surface area (Å²) >= 11 is 0. The fourth-order valence-electron chi connectivity index (χ4n) is 3.20. The molecule has 1 aliphatic rings. The van der Waals surface area contributed by atoms with E-state index < -0.39 is 6.04 Å². The highest BCUT2D eigenvalue weighted by Crippen LogP contribution is 2.25. The molecule has 4 rings (SSSR count). The standard InChI is InChI=1S/C22H22N6O3/c1-15(20(29)23-12-13-31-17-6-3-2-4-7-17)28-14-16-8-9-18(26-19(16)21(28)30)27-22-24-10-5-11-25-22/h2-11,15H,12-14H2,1H3,(H,23,29)(H,24,25,26,27)/t15-/m1/s1. The van der Waals surface area contributed by atoms with E-state index in [2.05, 4.69) is 25.6 Å². The molecule has 2 amide bonds. The van der Waals surface area contributed by atoms with Crippen molar-refractivity contribution in [3.05, 3.63) is 72.2 Å². The molecule has 2 aromatic heterocycles. The molecule has 2 N–H and O–H groups in total. The number of anilines is 2. The lowest BCUT2D eigenvalue weighted by Gasteiger charge is -2.23. The zero-order valence-corrected chi connectivity index (χ0v) is 17.0. The van der Waals surface area contributed by atoms with Crippen LogP contribution in [-0.4, -0.2) is 50.9 Å². The van der Waals surface area contributed by atoms with E-state index in [9.17, 15) is 9.59 Å². The molecule has 1 aromatic carbocycles. The summed E-state index contributed by atoms with van der Waals surface area (Å²) in [7, 11) is 0. The van der Waals surface area contributed by atoms with Crippen LogP contribution >= 0.6 is 0 Å². The second kappa shape index (κ2) is 9.21. The van der Waals surface area contributed by atoms with E-state index in [0.717, 1.165) is 11.3 Å². The largest absolute Gasteiger partial charge is 0.492 e. The molecule has 0 bridgehead atoms. The van der Waals surface area contributed by atoms with E-state index in [1.54, 1.807) is 31.5 Å². The van der Waals surface area contributed by atoms with Crippen LogP contribution in [0.15, 0.2) is 60.9 Å². The van der Waals surface area contributed by atoms with Crippen molar-refractivity contribution in [2.24, 2.45) is 0 Å². The summed E-state index contributed by atoms with van der Waals surface area (Å²) in [6.07, 6.45) is 3.22. The van der Waals surface area contributed by atoms with Gasteiger partial charge in [-0.3, -0.25) is 9.59 Å². The number of rotatable bonds is 8. The summed E-state index contributed by atoms with van der Waals surface area (Å²) in [6, 6.07) is 14.0. The predicted octanol–water partition coefficient (Wildman–Crippen LogP) is 2.15. The van der Waals surface area contributed by atoms with Gasteiger partial charge in [-0.1, -0.05) is 24.3 Å². The van der Waals surface area contributed by atoms with Gasteiger partial charge < -0.3 is 20.3 Å². The highest BCUT2D eigenvalue weighted by molar-refractivity contribution is 5.99. The molecule has 1 aliphatic heterocycles. The monoisotopic (exact) mass is 418 g/mol. The van der Waals surface area contributed by atoms with Gasteiger partial charge in [0.05, 0.1) is 6.54 Å². The fourth-order valence-corrected chi connectivity index (χ4v) is 3.20. The third-order valence-corrected chi connectivity index (χ3v) is 4.85. The van der Waals surface area contributed by atoms with Crippen molar-refractivity contribution >= 4 is 23.6 Å². The molecule has 0 radical (unpaired) electrons. The van der Waals surface area contributed by atoms with Gasteiger partial charge in [-0.05, 0) is 31.2 Å². The van der Waals surface area contributed by atoms with Gasteiger partial charge >= 0.3 is 0 Å². The second-order valence-electron chi connectivity index (χ2n) is 6.96. The van der Waals surface area contributed by atoms with Gasteiger partial charge in [0, 0.05) is 24.5 Å². The molecule has 0 unspecified atom stereocenters. The Bertz CT molecular complexity index is 1060. The van der Waals surface area contributed by atoms with E-state index >= 15 is 0 Å². The quantitative estimate of drug-likeness (QED) is 0.540. The van der Waals surface area contributed by atoms with Crippen molar-refractivity contribution in [1.29, 1.82) is 0 Å². The minimum atomic E-state index is -0.632. The number of fused-ring (bicyclic) bond motifs is 1. The van der Waals surface area contributed by atoms with Gasteiger partial charge in [0.15, 0.2) is 0 Å². The van der Waals surface area contributed by atoms with Gasteiger partial charge in [0.2, 0.25) is 11.9 Å². The number of benzene rings is 1. The maximum absolute atomic E-state index is 12.9. The van der Waals surface area contributed by atoms with Gasteiger partial charge in [-0.25, -0.2) is 15.0 Å². The summed E-state index contributed by atoms with van der Waals surface area (Å²) in [6.45, 7) is 2.72. The van der Waals surface area contributed by atoms with Crippen LogP contribution in [0.2, 0.25) is 0 Å². The third kappa shape index (κ3) is 4.77. The smallest absolute Gasteiger partial charge is 0.273 e. The highest BCUT2D eigenvalue weighted by Gasteiger charge is 2.35. The van der Waals surface area contributed by atoms with Crippen LogP contribution in [0.1, 0.15) is 23.0 Å². The molecule has 31 heavy (non-hydrogen) atoms. The Morgan fingerprint density at radius 1 is 1.13 bits per heavy atom. The van der Waals surface area contributed by atoms with Crippen molar-refractivity contribution in [3.63, 3.8) is 0 Å². The lowest BCUT2D eigenvalue weighted by atomic mass is 10.2. The van der Waals surface area contributed by atoms with Crippen molar-refractivity contribution in [3.8, 4) is 5.75 Å². The van der Waals surface area contributed by atoms with E-state index in [0.29, 0.717) is 37.2 Å². The zero-order valence-electron chi connectivity index (χ0n) is 17.0. The summed E-state index contributed by atoms with van der Waals surface area (Å²) < 4.78 is 5.57. The number of nitrogens with zero attached hydrogens (tertiary/aromatic N) is 4. The Labute approximate surface area is 179 Å². The average Bonchev–Trinajstić information content (AvgIpc) is 3.13. The number of aromatic nitrogens is 3. The molecular formula is C22H22N6O3. The minimum Gasteiger partial charge on any atom is -0.492 e. The number of hydrogen-bond acceptors (Lipinski definition) is 7. The third-order valence-electron chi connectivity index (χ3n) is 4.85. The number of nitrogens with one attached hydrogen (secondary N) is 2. The molecule has 9 nitrogen and oxygen atoms in total. The number of pyridine rings is 1. The van der Waals surface area contributed by atoms with Crippen LogP contribution in [0.25, 0.3) is 0 Å². The maximum Gasteiger partial charge on any atom is 0.273 e. The van der Waals surface area contributed by atoms with Crippen molar-refractivity contribution < 1.29 is 14.3 Å². The van der Waals surface area contributed by atoms with Crippen LogP contribution in [0.5, 0.6) is 5.75 Å². The maximum atomic E-state index is 12.9. The zero-order chi connectivity index (χ0) is 21.6. The van der Waals surface area contributed by atoms with Crippen molar-refractivity contribution in [2.75, 3.05) is 18.5 Å². The first kappa shape index (κ1) is 20.3. The van der Waals surface area contributed by atoms with E-state index in [1.165, 1.54) is 4.90 Å². The molecule has 0 saturated heterocycles. The lowest BCUT2D eigenvalue weighted by molar-refractivity contribution is -0.125. The Morgan fingerprint density at radius 2 is 1.90 bits per heavy atom. The molecule has 158 valence electrons. The van der Waals surface area contributed by atoms with E-state index in [4.69, 9.17) is 4.74 Å². The summed E-state index contributed by atoms with van der Waals surface area (Å²) in [5, 5.41) is 5.79. The molecule has 0 spiro atoms. The van der Waals surface area contributed by atoms with Crippen LogP contribution in [0.4, 0.5) is 11.8 Å². The van der Waals surface area contributed by atoms with Crippen LogP contribution in [0, 0.1) is 0 Å². The molecular weight excluding hydrogens is 396 g/mol. The highest BCUT2D eigenvalue weighted by atomic mass is 16.5. The van der Waals surface area contributed by atoms with Gasteiger partial charge in [0.25, 0.3) is 5.91 Å². The van der Waals surface area contributed by atoms with Crippen LogP contribution in [-0.2, 0) is 11.3 Å². The summed E-state index contributed by atoms with van der Waals surface area (Å²) in [4.78, 5) is 39.5. The normalized spacial score (nSPS) is 13.5. The second-order valence-corrected chi connectivity index (χ2v) is 6.96. The lowest BCUT2D eigenvalue weighted by Crippen LogP contribution is -2.46. The molecule has 0 aliphatic carbocycles. The van der Waals surface area contributed by atoms with Gasteiger partial charge in [0.1, 0.15) is 29.9 Å². The first-order chi connectivity index (χ1) is 15.1. The van der Waals surface area contributed by atoms with E-state index in [-0.39, 0.29) is 11.8 Å². The van der Waals surface area contributed by atoms with Crippen LogP contribution in [0.3, 0.4) is 0 Å². The molecule has 0 saturated carbocycles. The predicted molar refractivity (Wildman–Crippen MR) is 114 cm³/mol. The number of carbonyl (C=O) groups excluding carboxylic acids is 2. The van der Waals surface area contributed by atoms with Gasteiger partial charge in [-0.15, -0.1) is 0 Å². The first-order valence-corrected chi connectivity index (χ1v) is 9.92.